The second kappa shape index (κ2) is 9.07. The molecule has 2 bridgehead atoms. The number of amides is 2. The molecule has 2 amide bonds. The van der Waals surface area contributed by atoms with Gasteiger partial charge in [0.25, 0.3) is 5.91 Å². The van der Waals surface area contributed by atoms with Crippen molar-refractivity contribution < 1.29 is 9.59 Å². The highest BCUT2D eigenvalue weighted by Crippen LogP contribution is 2.10. The van der Waals surface area contributed by atoms with Gasteiger partial charge in [0.1, 0.15) is 17.3 Å². The van der Waals surface area contributed by atoms with Gasteiger partial charge < -0.3 is 15.5 Å². The molecule has 1 aliphatic rings. The number of anilines is 1. The highest BCUT2D eigenvalue weighted by Gasteiger charge is 2.20. The van der Waals surface area contributed by atoms with E-state index in [9.17, 15) is 9.59 Å². The van der Waals surface area contributed by atoms with Crippen molar-refractivity contribution in [2.24, 2.45) is 0 Å². The Morgan fingerprint density at radius 3 is 2.81 bits per heavy atom. The minimum Gasteiger partial charge on any atom is -0.368 e. The summed E-state index contributed by atoms with van der Waals surface area (Å²) in [4.78, 5) is 39.4. The number of pyridine rings is 1. The number of rotatable bonds is 1. The Bertz CT molecular complexity index is 810. The van der Waals surface area contributed by atoms with Gasteiger partial charge >= 0.3 is 0 Å². The summed E-state index contributed by atoms with van der Waals surface area (Å²) < 4.78 is 0. The van der Waals surface area contributed by atoms with Crippen LogP contribution >= 0.6 is 0 Å². The Morgan fingerprint density at radius 2 is 1.96 bits per heavy atom. The maximum absolute atomic E-state index is 12.8. The fourth-order valence-corrected chi connectivity index (χ4v) is 2.94. The van der Waals surface area contributed by atoms with E-state index in [1.165, 1.54) is 0 Å². The van der Waals surface area contributed by atoms with Gasteiger partial charge in [0.2, 0.25) is 5.91 Å². The standard InChI is InChI=1S/C19H24N6O2/c1-14-20-9-8-16(23-14)19(27)25-12-3-2-5-15-6-4-7-17(24-15)21-10-11-22-18(26)13-25/h4,6-9H,2-3,5,10-13H2,1H3,(H,21,24)(H,22,26). The van der Waals surface area contributed by atoms with Crippen LogP contribution in [0.25, 0.3) is 0 Å². The molecule has 0 atom stereocenters. The van der Waals surface area contributed by atoms with Crippen molar-refractivity contribution in [1.82, 2.24) is 25.2 Å². The Balaban J connectivity index is 1.72. The van der Waals surface area contributed by atoms with E-state index < -0.39 is 0 Å². The lowest BCUT2D eigenvalue weighted by Crippen LogP contribution is -2.42. The second-order valence-electron chi connectivity index (χ2n) is 6.46. The van der Waals surface area contributed by atoms with Crippen LogP contribution in [0.2, 0.25) is 0 Å². The number of nitrogens with one attached hydrogen (secondary N) is 2. The molecular weight excluding hydrogens is 344 g/mol. The number of aromatic nitrogens is 3. The molecule has 0 aromatic carbocycles. The van der Waals surface area contributed by atoms with Crippen LogP contribution in [0.15, 0.2) is 30.5 Å². The first-order valence-electron chi connectivity index (χ1n) is 9.17. The maximum atomic E-state index is 12.8. The van der Waals surface area contributed by atoms with Gasteiger partial charge in [-0.3, -0.25) is 9.59 Å². The topological polar surface area (TPSA) is 100 Å². The third-order valence-corrected chi connectivity index (χ3v) is 4.29. The SMILES string of the molecule is Cc1nccc(C(=O)N2CCCCc3cccc(n3)NCCNC(=O)C2)n1. The van der Waals surface area contributed by atoms with Crippen LogP contribution in [-0.4, -0.2) is 57.8 Å². The lowest BCUT2D eigenvalue weighted by atomic mass is 10.1. The minimum atomic E-state index is -0.249. The first kappa shape index (κ1) is 18.8. The highest BCUT2D eigenvalue weighted by molar-refractivity contribution is 5.94. The van der Waals surface area contributed by atoms with Crippen LogP contribution in [0.5, 0.6) is 0 Å². The molecule has 0 saturated carbocycles. The molecule has 0 spiro atoms. The molecule has 3 rings (SSSR count). The molecule has 0 saturated heterocycles. The Kier molecular flexibility index (Phi) is 6.30. The fourth-order valence-electron chi connectivity index (χ4n) is 2.94. The van der Waals surface area contributed by atoms with Crippen molar-refractivity contribution in [2.45, 2.75) is 26.2 Å². The normalized spacial score (nSPS) is 16.0. The first-order valence-corrected chi connectivity index (χ1v) is 9.17. The Labute approximate surface area is 158 Å². The van der Waals surface area contributed by atoms with Crippen molar-refractivity contribution in [3.63, 3.8) is 0 Å². The summed E-state index contributed by atoms with van der Waals surface area (Å²) in [6.07, 6.45) is 4.05. The van der Waals surface area contributed by atoms with Gasteiger partial charge in [0.05, 0.1) is 6.54 Å². The average molecular weight is 368 g/mol. The molecule has 142 valence electrons. The summed E-state index contributed by atoms with van der Waals surface area (Å²) in [5, 5.41) is 6.04. The van der Waals surface area contributed by atoms with E-state index in [0.29, 0.717) is 31.2 Å². The summed E-state index contributed by atoms with van der Waals surface area (Å²) in [7, 11) is 0. The third-order valence-electron chi connectivity index (χ3n) is 4.29. The molecule has 1 aliphatic heterocycles. The Hall–Kier alpha value is -3.03. The van der Waals surface area contributed by atoms with Gasteiger partial charge in [-0.15, -0.1) is 0 Å². The molecule has 0 unspecified atom stereocenters. The van der Waals surface area contributed by atoms with E-state index in [2.05, 4.69) is 25.6 Å². The molecule has 0 fully saturated rings. The van der Waals surface area contributed by atoms with Crippen molar-refractivity contribution in [1.29, 1.82) is 0 Å². The molecule has 0 radical (unpaired) electrons. The quantitative estimate of drug-likeness (QED) is 0.784. The molecule has 2 aromatic rings. The summed E-state index contributed by atoms with van der Waals surface area (Å²) >= 11 is 0. The van der Waals surface area contributed by atoms with Crippen LogP contribution in [0, 0.1) is 6.92 Å². The van der Waals surface area contributed by atoms with Gasteiger partial charge in [-0.1, -0.05) is 6.07 Å². The molecule has 2 aromatic heterocycles. The number of carbonyl (C=O) groups is 2. The van der Waals surface area contributed by atoms with E-state index in [-0.39, 0.29) is 18.4 Å². The van der Waals surface area contributed by atoms with Crippen molar-refractivity contribution in [3.8, 4) is 0 Å². The summed E-state index contributed by atoms with van der Waals surface area (Å²) in [6, 6.07) is 7.48. The minimum absolute atomic E-state index is 0.0193. The van der Waals surface area contributed by atoms with Crippen molar-refractivity contribution >= 4 is 17.6 Å². The monoisotopic (exact) mass is 368 g/mol. The molecular formula is C19H24N6O2. The largest absolute Gasteiger partial charge is 0.368 e. The van der Waals surface area contributed by atoms with Crippen molar-refractivity contribution in [3.05, 3.63) is 47.7 Å². The third kappa shape index (κ3) is 5.47. The number of carbonyl (C=O) groups excluding carboxylic acids is 2. The van der Waals surface area contributed by atoms with Gasteiger partial charge in [-0.05, 0) is 44.4 Å². The smallest absolute Gasteiger partial charge is 0.273 e. The molecule has 0 aliphatic carbocycles. The highest BCUT2D eigenvalue weighted by atomic mass is 16.2. The predicted molar refractivity (Wildman–Crippen MR) is 101 cm³/mol. The number of fused-ring (bicyclic) bond motifs is 2. The number of hydrogen-bond donors (Lipinski definition) is 2. The van der Waals surface area contributed by atoms with E-state index in [0.717, 1.165) is 30.8 Å². The molecule has 3 heterocycles. The summed E-state index contributed by atoms with van der Waals surface area (Å²) in [5.41, 5.74) is 1.33. The second-order valence-corrected chi connectivity index (χ2v) is 6.46. The van der Waals surface area contributed by atoms with Crippen LogP contribution in [-0.2, 0) is 11.2 Å². The number of nitrogens with zero attached hydrogens (tertiary/aromatic N) is 4. The molecule has 2 N–H and O–H groups in total. The van der Waals surface area contributed by atoms with Crippen LogP contribution in [0.4, 0.5) is 5.82 Å². The zero-order valence-electron chi connectivity index (χ0n) is 15.4. The molecule has 8 nitrogen and oxygen atoms in total. The van der Waals surface area contributed by atoms with Gasteiger partial charge in [0.15, 0.2) is 0 Å². The Morgan fingerprint density at radius 1 is 1.11 bits per heavy atom. The zero-order valence-corrected chi connectivity index (χ0v) is 15.4. The molecule has 27 heavy (non-hydrogen) atoms. The van der Waals surface area contributed by atoms with Gasteiger partial charge in [0, 0.05) is 31.5 Å². The predicted octanol–water partition coefficient (Wildman–Crippen LogP) is 1.19. The van der Waals surface area contributed by atoms with Crippen LogP contribution < -0.4 is 10.6 Å². The maximum Gasteiger partial charge on any atom is 0.273 e. The number of aryl methyl sites for hydroxylation is 2. The van der Waals surface area contributed by atoms with Crippen LogP contribution in [0.1, 0.15) is 34.8 Å². The lowest BCUT2D eigenvalue weighted by Gasteiger charge is -2.22. The van der Waals surface area contributed by atoms with Gasteiger partial charge in [-0.25, -0.2) is 15.0 Å². The van der Waals surface area contributed by atoms with E-state index >= 15 is 0 Å². The first-order chi connectivity index (χ1) is 13.1. The van der Waals surface area contributed by atoms with Crippen molar-refractivity contribution in [2.75, 3.05) is 31.5 Å². The molecule has 8 heteroatoms. The van der Waals surface area contributed by atoms with Gasteiger partial charge in [-0.2, -0.15) is 0 Å². The fraction of sp³-hybridized carbons (Fsp3) is 0.421. The van der Waals surface area contributed by atoms with E-state index in [4.69, 9.17) is 0 Å². The lowest BCUT2D eigenvalue weighted by molar-refractivity contribution is -0.121. The summed E-state index contributed by atoms with van der Waals surface area (Å²) in [6.45, 7) is 3.28. The van der Waals surface area contributed by atoms with E-state index in [1.807, 2.05) is 18.2 Å². The van der Waals surface area contributed by atoms with E-state index in [1.54, 1.807) is 24.1 Å². The average Bonchev–Trinajstić information content (AvgIpc) is 2.67. The zero-order chi connectivity index (χ0) is 19.1. The number of hydrogen-bond acceptors (Lipinski definition) is 6. The summed E-state index contributed by atoms with van der Waals surface area (Å²) in [5.74, 6) is 0.912. The van der Waals surface area contributed by atoms with Crippen LogP contribution in [0.3, 0.4) is 0 Å².